The van der Waals surface area contributed by atoms with Gasteiger partial charge in [0.25, 0.3) is 0 Å². The maximum Gasteiger partial charge on any atom is 0.402 e. The second-order valence-electron chi connectivity index (χ2n) is 4.86. The molecule has 0 radical (unpaired) electrons. The SMILES string of the molecule is O=S(=O)(NCC(F)(F)F)c1ccc(CNC2CC2)cc1F. The van der Waals surface area contributed by atoms with Crippen molar-refractivity contribution in [2.24, 2.45) is 0 Å². The second-order valence-corrected chi connectivity index (χ2v) is 6.60. The van der Waals surface area contributed by atoms with Crippen LogP contribution in [0.3, 0.4) is 0 Å². The lowest BCUT2D eigenvalue weighted by molar-refractivity contribution is -0.121. The van der Waals surface area contributed by atoms with E-state index in [1.165, 1.54) is 10.8 Å². The molecule has 0 aliphatic heterocycles. The largest absolute Gasteiger partial charge is 0.402 e. The summed E-state index contributed by atoms with van der Waals surface area (Å²) in [4.78, 5) is -0.790. The van der Waals surface area contributed by atoms with E-state index in [1.807, 2.05) is 0 Å². The molecular weight excluding hydrogens is 312 g/mol. The summed E-state index contributed by atoms with van der Waals surface area (Å²) in [5.41, 5.74) is 0.536. The number of benzene rings is 1. The number of hydrogen-bond donors (Lipinski definition) is 2. The van der Waals surface area contributed by atoms with Gasteiger partial charge < -0.3 is 5.32 Å². The molecule has 4 nitrogen and oxygen atoms in total. The molecule has 0 aromatic heterocycles. The zero-order chi connectivity index (χ0) is 15.7. The lowest BCUT2D eigenvalue weighted by Crippen LogP contribution is -2.34. The maximum absolute atomic E-state index is 13.8. The lowest BCUT2D eigenvalue weighted by atomic mass is 10.2. The molecular formula is C12H14F4N2O2S. The molecule has 0 atom stereocenters. The van der Waals surface area contributed by atoms with Crippen LogP contribution in [0.1, 0.15) is 18.4 Å². The van der Waals surface area contributed by atoms with Crippen molar-refractivity contribution in [3.8, 4) is 0 Å². The van der Waals surface area contributed by atoms with Gasteiger partial charge >= 0.3 is 6.18 Å². The van der Waals surface area contributed by atoms with Crippen molar-refractivity contribution in [2.45, 2.75) is 36.5 Å². The number of nitrogens with one attached hydrogen (secondary N) is 2. The maximum atomic E-state index is 13.8. The molecule has 1 saturated carbocycles. The van der Waals surface area contributed by atoms with Gasteiger partial charge in [0, 0.05) is 12.6 Å². The lowest BCUT2D eigenvalue weighted by Gasteiger charge is -2.11. The number of halogens is 4. The van der Waals surface area contributed by atoms with Gasteiger partial charge in [-0.15, -0.1) is 0 Å². The van der Waals surface area contributed by atoms with Crippen LogP contribution in [0.2, 0.25) is 0 Å². The molecule has 0 bridgehead atoms. The Morgan fingerprint density at radius 2 is 1.90 bits per heavy atom. The Balaban J connectivity index is 2.07. The van der Waals surface area contributed by atoms with E-state index in [1.54, 1.807) is 0 Å². The summed E-state index contributed by atoms with van der Waals surface area (Å²) < 4.78 is 74.4. The molecule has 118 valence electrons. The van der Waals surface area contributed by atoms with Gasteiger partial charge in [0.15, 0.2) is 0 Å². The molecule has 0 spiro atoms. The van der Waals surface area contributed by atoms with E-state index in [4.69, 9.17) is 0 Å². The summed E-state index contributed by atoms with van der Waals surface area (Å²) in [5, 5.41) is 3.12. The first kappa shape index (κ1) is 16.2. The predicted octanol–water partition coefficient (Wildman–Crippen LogP) is 1.92. The van der Waals surface area contributed by atoms with Crippen LogP contribution in [0, 0.1) is 5.82 Å². The average Bonchev–Trinajstić information content (AvgIpc) is 3.17. The molecule has 0 saturated heterocycles. The average molecular weight is 326 g/mol. The predicted molar refractivity (Wildman–Crippen MR) is 67.5 cm³/mol. The van der Waals surface area contributed by atoms with Crippen LogP contribution in [-0.4, -0.2) is 27.2 Å². The van der Waals surface area contributed by atoms with Gasteiger partial charge in [0.05, 0.1) is 0 Å². The van der Waals surface area contributed by atoms with Gasteiger partial charge in [0.1, 0.15) is 17.3 Å². The Hall–Kier alpha value is -1.19. The van der Waals surface area contributed by atoms with E-state index in [9.17, 15) is 26.0 Å². The second kappa shape index (κ2) is 5.90. The van der Waals surface area contributed by atoms with Crippen LogP contribution in [-0.2, 0) is 16.6 Å². The first-order chi connectivity index (χ1) is 9.67. The molecule has 1 fully saturated rings. The molecule has 1 aliphatic rings. The van der Waals surface area contributed by atoms with Crippen molar-refractivity contribution in [3.05, 3.63) is 29.6 Å². The van der Waals surface area contributed by atoms with Gasteiger partial charge in [0.2, 0.25) is 10.0 Å². The molecule has 1 aliphatic carbocycles. The first-order valence-electron chi connectivity index (χ1n) is 6.25. The smallest absolute Gasteiger partial charge is 0.310 e. The van der Waals surface area contributed by atoms with E-state index in [0.717, 1.165) is 25.0 Å². The van der Waals surface area contributed by atoms with Crippen molar-refractivity contribution in [1.29, 1.82) is 0 Å². The molecule has 0 amide bonds. The van der Waals surface area contributed by atoms with Gasteiger partial charge in [-0.1, -0.05) is 6.07 Å². The molecule has 0 heterocycles. The topological polar surface area (TPSA) is 58.2 Å². The number of alkyl halides is 3. The highest BCUT2D eigenvalue weighted by Gasteiger charge is 2.31. The molecule has 9 heteroatoms. The first-order valence-corrected chi connectivity index (χ1v) is 7.74. The molecule has 1 aromatic rings. The van der Waals surface area contributed by atoms with Gasteiger partial charge in [-0.05, 0) is 30.5 Å². The van der Waals surface area contributed by atoms with Crippen molar-refractivity contribution in [3.63, 3.8) is 0 Å². The zero-order valence-electron chi connectivity index (χ0n) is 10.9. The Morgan fingerprint density at radius 1 is 1.24 bits per heavy atom. The summed E-state index contributed by atoms with van der Waals surface area (Å²) in [7, 11) is -4.53. The fraction of sp³-hybridized carbons (Fsp3) is 0.500. The summed E-state index contributed by atoms with van der Waals surface area (Å²) in [6, 6.07) is 3.76. The number of hydrogen-bond acceptors (Lipinski definition) is 3. The molecule has 0 unspecified atom stereocenters. The summed E-state index contributed by atoms with van der Waals surface area (Å²) in [6.07, 6.45) is -2.59. The van der Waals surface area contributed by atoms with E-state index in [0.29, 0.717) is 18.2 Å². The van der Waals surface area contributed by atoms with E-state index >= 15 is 0 Å². The summed E-state index contributed by atoms with van der Waals surface area (Å²) >= 11 is 0. The Labute approximate surface area is 119 Å². The zero-order valence-corrected chi connectivity index (χ0v) is 11.7. The van der Waals surface area contributed by atoms with Crippen LogP contribution in [0.15, 0.2) is 23.1 Å². The monoisotopic (exact) mass is 326 g/mol. The highest BCUT2D eigenvalue weighted by atomic mass is 32.2. The van der Waals surface area contributed by atoms with Crippen LogP contribution in [0.25, 0.3) is 0 Å². The Kier molecular flexibility index (Phi) is 4.54. The molecule has 2 N–H and O–H groups in total. The van der Waals surface area contributed by atoms with Crippen LogP contribution < -0.4 is 10.0 Å². The van der Waals surface area contributed by atoms with E-state index in [2.05, 4.69) is 5.32 Å². The van der Waals surface area contributed by atoms with Crippen LogP contribution in [0.5, 0.6) is 0 Å². The van der Waals surface area contributed by atoms with Gasteiger partial charge in [-0.3, -0.25) is 0 Å². The van der Waals surface area contributed by atoms with Gasteiger partial charge in [-0.25, -0.2) is 17.5 Å². The third-order valence-corrected chi connectivity index (χ3v) is 4.36. The Bertz CT molecular complexity index is 612. The Morgan fingerprint density at radius 3 is 2.43 bits per heavy atom. The fourth-order valence-electron chi connectivity index (χ4n) is 1.68. The minimum atomic E-state index is -4.70. The number of rotatable bonds is 6. The van der Waals surface area contributed by atoms with Crippen molar-refractivity contribution < 1.29 is 26.0 Å². The summed E-state index contributed by atoms with van der Waals surface area (Å²) in [6.45, 7) is -1.35. The molecule has 2 rings (SSSR count). The molecule has 21 heavy (non-hydrogen) atoms. The van der Waals surface area contributed by atoms with Crippen molar-refractivity contribution in [1.82, 2.24) is 10.0 Å². The minimum Gasteiger partial charge on any atom is -0.310 e. The van der Waals surface area contributed by atoms with Crippen molar-refractivity contribution >= 4 is 10.0 Å². The van der Waals surface area contributed by atoms with Gasteiger partial charge in [-0.2, -0.15) is 13.2 Å². The fourth-order valence-corrected chi connectivity index (χ4v) is 2.75. The van der Waals surface area contributed by atoms with Crippen LogP contribution in [0.4, 0.5) is 17.6 Å². The quantitative estimate of drug-likeness (QED) is 0.785. The third kappa shape index (κ3) is 4.94. The molecule has 1 aromatic carbocycles. The summed E-state index contributed by atoms with van der Waals surface area (Å²) in [5.74, 6) is -1.07. The third-order valence-electron chi connectivity index (χ3n) is 2.92. The standard InChI is InChI=1S/C12H14F4N2O2S/c13-10-5-8(6-17-9-2-3-9)1-4-11(10)21(19,20)18-7-12(14,15)16/h1,4-5,9,17-18H,2-3,6-7H2. The highest BCUT2D eigenvalue weighted by molar-refractivity contribution is 7.89. The number of sulfonamides is 1. The van der Waals surface area contributed by atoms with E-state index < -0.39 is 33.5 Å². The van der Waals surface area contributed by atoms with Crippen molar-refractivity contribution in [2.75, 3.05) is 6.54 Å². The minimum absolute atomic E-state index is 0.387. The van der Waals surface area contributed by atoms with Crippen LogP contribution >= 0.6 is 0 Å². The highest BCUT2D eigenvalue weighted by Crippen LogP contribution is 2.21. The normalized spacial score (nSPS) is 16.2. The van der Waals surface area contributed by atoms with E-state index in [-0.39, 0.29) is 0 Å².